The molecule has 18 heavy (non-hydrogen) atoms. The monoisotopic (exact) mass is 256 g/mol. The molecule has 0 aromatic heterocycles. The van der Waals surface area contributed by atoms with Crippen molar-refractivity contribution in [3.8, 4) is 0 Å². The molecule has 1 heterocycles. The smallest absolute Gasteiger partial charge is 0.239 e. The normalized spacial score (nSPS) is 18.9. The number of piperazine rings is 1. The molecule has 1 atom stereocenters. The Labute approximate surface area is 111 Å². The van der Waals surface area contributed by atoms with E-state index in [-0.39, 0.29) is 11.9 Å². The van der Waals surface area contributed by atoms with Crippen molar-refractivity contribution in [3.63, 3.8) is 0 Å². The van der Waals surface area contributed by atoms with E-state index in [0.29, 0.717) is 0 Å². The standard InChI is InChI=1S/C13H28N4O/c1-12(17-10-6-14-7-11-17)13(18)16(4)9-5-8-15(2)3/h12,14H,5-11H2,1-4H3. The van der Waals surface area contributed by atoms with Crippen LogP contribution in [0.2, 0.25) is 0 Å². The third-order valence-electron chi connectivity index (χ3n) is 3.53. The van der Waals surface area contributed by atoms with Gasteiger partial charge >= 0.3 is 0 Å². The van der Waals surface area contributed by atoms with E-state index in [0.717, 1.165) is 45.7 Å². The summed E-state index contributed by atoms with van der Waals surface area (Å²) < 4.78 is 0. The average Bonchev–Trinajstić information content (AvgIpc) is 2.37. The van der Waals surface area contributed by atoms with Crippen molar-refractivity contribution in [1.29, 1.82) is 0 Å². The second-order valence-corrected chi connectivity index (χ2v) is 5.38. The van der Waals surface area contributed by atoms with E-state index < -0.39 is 0 Å². The van der Waals surface area contributed by atoms with Crippen LogP contribution in [-0.2, 0) is 4.79 Å². The zero-order valence-corrected chi connectivity index (χ0v) is 12.3. The van der Waals surface area contributed by atoms with Crippen LogP contribution in [-0.4, -0.2) is 87.1 Å². The van der Waals surface area contributed by atoms with Gasteiger partial charge in [0.25, 0.3) is 0 Å². The first-order valence-electron chi connectivity index (χ1n) is 6.87. The van der Waals surface area contributed by atoms with E-state index in [1.807, 2.05) is 18.9 Å². The average molecular weight is 256 g/mol. The molecule has 0 radical (unpaired) electrons. The summed E-state index contributed by atoms with van der Waals surface area (Å²) in [4.78, 5) is 18.6. The van der Waals surface area contributed by atoms with Gasteiger partial charge in [-0.15, -0.1) is 0 Å². The molecule has 1 fully saturated rings. The van der Waals surface area contributed by atoms with Crippen LogP contribution >= 0.6 is 0 Å². The SMILES string of the molecule is CC(C(=O)N(C)CCCN(C)C)N1CCNCC1. The number of carbonyl (C=O) groups is 1. The molecule has 1 rings (SSSR count). The second-order valence-electron chi connectivity index (χ2n) is 5.38. The Kier molecular flexibility index (Phi) is 6.60. The molecule has 0 aromatic rings. The van der Waals surface area contributed by atoms with Crippen molar-refractivity contribution in [3.05, 3.63) is 0 Å². The molecule has 0 aliphatic carbocycles. The predicted octanol–water partition coefficient (Wildman–Crippen LogP) is -0.310. The fourth-order valence-electron chi connectivity index (χ4n) is 2.28. The molecule has 0 spiro atoms. The lowest BCUT2D eigenvalue weighted by atomic mass is 10.2. The first-order valence-corrected chi connectivity index (χ1v) is 6.87. The summed E-state index contributed by atoms with van der Waals surface area (Å²) in [6.45, 7) is 7.81. The highest BCUT2D eigenvalue weighted by Crippen LogP contribution is 2.05. The Morgan fingerprint density at radius 3 is 2.39 bits per heavy atom. The Hall–Kier alpha value is -0.650. The summed E-state index contributed by atoms with van der Waals surface area (Å²) in [6, 6.07) is 0.0106. The predicted molar refractivity (Wildman–Crippen MR) is 74.7 cm³/mol. The van der Waals surface area contributed by atoms with Gasteiger partial charge in [-0.2, -0.15) is 0 Å². The van der Waals surface area contributed by atoms with Gasteiger partial charge in [-0.1, -0.05) is 0 Å². The van der Waals surface area contributed by atoms with Gasteiger partial charge in [0.15, 0.2) is 0 Å². The number of hydrogen-bond acceptors (Lipinski definition) is 4. The topological polar surface area (TPSA) is 38.8 Å². The van der Waals surface area contributed by atoms with Gasteiger partial charge in [0.1, 0.15) is 0 Å². The molecular weight excluding hydrogens is 228 g/mol. The summed E-state index contributed by atoms with van der Waals surface area (Å²) in [6.07, 6.45) is 1.03. The van der Waals surface area contributed by atoms with E-state index in [9.17, 15) is 4.79 Å². The van der Waals surface area contributed by atoms with Gasteiger partial charge in [-0.05, 0) is 34.0 Å². The molecule has 0 aromatic carbocycles. The molecule has 0 saturated carbocycles. The van der Waals surface area contributed by atoms with E-state index in [1.165, 1.54) is 0 Å². The Bertz CT molecular complexity index is 251. The first kappa shape index (κ1) is 15.4. The minimum atomic E-state index is 0.0106. The maximum absolute atomic E-state index is 12.3. The largest absolute Gasteiger partial charge is 0.344 e. The zero-order valence-electron chi connectivity index (χ0n) is 12.3. The molecular formula is C13H28N4O. The summed E-state index contributed by atoms with van der Waals surface area (Å²) >= 11 is 0. The molecule has 1 unspecified atom stereocenters. The maximum Gasteiger partial charge on any atom is 0.239 e. The zero-order chi connectivity index (χ0) is 13.5. The first-order chi connectivity index (χ1) is 8.52. The van der Waals surface area contributed by atoms with Crippen molar-refractivity contribution in [1.82, 2.24) is 20.0 Å². The highest BCUT2D eigenvalue weighted by molar-refractivity contribution is 5.81. The Morgan fingerprint density at radius 1 is 1.22 bits per heavy atom. The van der Waals surface area contributed by atoms with Gasteiger partial charge in [0.2, 0.25) is 5.91 Å². The fourth-order valence-corrected chi connectivity index (χ4v) is 2.28. The van der Waals surface area contributed by atoms with E-state index in [1.54, 1.807) is 0 Å². The van der Waals surface area contributed by atoms with Crippen molar-refractivity contribution in [2.24, 2.45) is 0 Å². The lowest BCUT2D eigenvalue weighted by Crippen LogP contribution is -2.53. The molecule has 1 aliphatic rings. The minimum Gasteiger partial charge on any atom is -0.344 e. The van der Waals surface area contributed by atoms with Crippen molar-refractivity contribution < 1.29 is 4.79 Å². The number of nitrogens with one attached hydrogen (secondary N) is 1. The van der Waals surface area contributed by atoms with Crippen LogP contribution in [0.5, 0.6) is 0 Å². The number of hydrogen-bond donors (Lipinski definition) is 1. The van der Waals surface area contributed by atoms with Crippen LogP contribution in [0.15, 0.2) is 0 Å². The third-order valence-corrected chi connectivity index (χ3v) is 3.53. The Balaban J connectivity index is 2.32. The van der Waals surface area contributed by atoms with Gasteiger partial charge in [-0.3, -0.25) is 9.69 Å². The summed E-state index contributed by atoms with van der Waals surface area (Å²) in [5.41, 5.74) is 0. The van der Waals surface area contributed by atoms with E-state index >= 15 is 0 Å². The molecule has 1 N–H and O–H groups in total. The van der Waals surface area contributed by atoms with Crippen molar-refractivity contribution >= 4 is 5.91 Å². The summed E-state index contributed by atoms with van der Waals surface area (Å²) in [7, 11) is 6.03. The van der Waals surface area contributed by atoms with Crippen molar-refractivity contribution in [2.75, 3.05) is 60.4 Å². The maximum atomic E-state index is 12.3. The fraction of sp³-hybridized carbons (Fsp3) is 0.923. The molecule has 1 aliphatic heterocycles. The highest BCUT2D eigenvalue weighted by atomic mass is 16.2. The van der Waals surface area contributed by atoms with Crippen LogP contribution in [0.3, 0.4) is 0 Å². The molecule has 5 heteroatoms. The highest BCUT2D eigenvalue weighted by Gasteiger charge is 2.24. The number of likely N-dealkylation sites (N-methyl/N-ethyl adjacent to an activating group) is 1. The Morgan fingerprint density at radius 2 is 1.83 bits per heavy atom. The van der Waals surface area contributed by atoms with E-state index in [2.05, 4.69) is 29.2 Å². The van der Waals surface area contributed by atoms with E-state index in [4.69, 9.17) is 0 Å². The number of rotatable bonds is 6. The lowest BCUT2D eigenvalue weighted by molar-refractivity contribution is -0.135. The molecule has 1 saturated heterocycles. The number of nitrogens with zero attached hydrogens (tertiary/aromatic N) is 3. The van der Waals surface area contributed by atoms with Crippen LogP contribution in [0.4, 0.5) is 0 Å². The van der Waals surface area contributed by atoms with Gasteiger partial charge in [0.05, 0.1) is 6.04 Å². The second kappa shape index (κ2) is 7.71. The van der Waals surface area contributed by atoms with Gasteiger partial charge in [-0.25, -0.2) is 0 Å². The molecule has 1 amide bonds. The number of carbonyl (C=O) groups excluding carboxylic acids is 1. The molecule has 5 nitrogen and oxygen atoms in total. The molecule has 106 valence electrons. The molecule has 0 bridgehead atoms. The van der Waals surface area contributed by atoms with Crippen molar-refractivity contribution in [2.45, 2.75) is 19.4 Å². The van der Waals surface area contributed by atoms with Crippen LogP contribution in [0.25, 0.3) is 0 Å². The van der Waals surface area contributed by atoms with Crippen LogP contribution < -0.4 is 5.32 Å². The summed E-state index contributed by atoms with van der Waals surface area (Å²) in [5.74, 6) is 0.246. The van der Waals surface area contributed by atoms with Crippen LogP contribution in [0.1, 0.15) is 13.3 Å². The van der Waals surface area contributed by atoms with Gasteiger partial charge in [0, 0.05) is 39.8 Å². The number of amides is 1. The minimum absolute atomic E-state index is 0.0106. The lowest BCUT2D eigenvalue weighted by Gasteiger charge is -2.34. The third kappa shape index (κ3) is 4.92. The van der Waals surface area contributed by atoms with Crippen LogP contribution in [0, 0.1) is 0 Å². The summed E-state index contributed by atoms with van der Waals surface area (Å²) in [5, 5.41) is 3.31. The quantitative estimate of drug-likeness (QED) is 0.708. The van der Waals surface area contributed by atoms with Gasteiger partial charge < -0.3 is 15.1 Å².